The Morgan fingerprint density at radius 2 is 1.69 bits per heavy atom. The van der Waals surface area contributed by atoms with Crippen LogP contribution in [-0.2, 0) is 0 Å². The highest BCUT2D eigenvalue weighted by molar-refractivity contribution is 5.85. The van der Waals surface area contributed by atoms with E-state index in [0.29, 0.717) is 5.92 Å². The third-order valence-corrected chi connectivity index (χ3v) is 6.60. The fraction of sp³-hybridized carbons (Fsp3) is 0.310. The summed E-state index contributed by atoms with van der Waals surface area (Å²) in [5.41, 5.74) is 11.5. The van der Waals surface area contributed by atoms with Gasteiger partial charge < -0.3 is 0 Å². The second-order valence-electron chi connectivity index (χ2n) is 8.60. The zero-order valence-electron chi connectivity index (χ0n) is 18.0. The molecule has 0 aliphatic heterocycles. The van der Waals surface area contributed by atoms with Crippen LogP contribution in [0.25, 0.3) is 5.57 Å². The highest BCUT2D eigenvalue weighted by Gasteiger charge is 2.20. The molecule has 148 valence electrons. The minimum absolute atomic E-state index is 0.660. The molecular formula is C29H32. The van der Waals surface area contributed by atoms with Crippen LogP contribution in [0.1, 0.15) is 58.4 Å². The lowest BCUT2D eigenvalue weighted by Gasteiger charge is -2.25. The lowest BCUT2D eigenvalue weighted by molar-refractivity contribution is 0.660. The van der Waals surface area contributed by atoms with Gasteiger partial charge in [0.1, 0.15) is 0 Å². The lowest BCUT2D eigenvalue weighted by atomic mass is 9.80. The molecule has 0 unspecified atom stereocenters. The van der Waals surface area contributed by atoms with E-state index in [1.54, 1.807) is 0 Å². The van der Waals surface area contributed by atoms with E-state index in [1.807, 2.05) is 0 Å². The first-order chi connectivity index (χ1) is 14.1. The number of hydrogen-bond acceptors (Lipinski definition) is 0. The molecule has 1 aromatic rings. The molecular weight excluding hydrogens is 348 g/mol. The van der Waals surface area contributed by atoms with Crippen molar-refractivity contribution in [2.45, 2.75) is 52.9 Å². The molecule has 0 nitrogen and oxygen atoms in total. The van der Waals surface area contributed by atoms with Crippen LogP contribution in [0.3, 0.4) is 0 Å². The van der Waals surface area contributed by atoms with Crippen molar-refractivity contribution >= 4 is 5.57 Å². The van der Waals surface area contributed by atoms with Gasteiger partial charge in [0.25, 0.3) is 0 Å². The Labute approximate surface area is 176 Å². The molecule has 0 bridgehead atoms. The first-order valence-corrected chi connectivity index (χ1v) is 11.0. The highest BCUT2D eigenvalue weighted by Crippen LogP contribution is 2.39. The summed E-state index contributed by atoms with van der Waals surface area (Å²) in [4.78, 5) is 0. The minimum Gasteiger partial charge on any atom is -0.0836 e. The molecule has 29 heavy (non-hydrogen) atoms. The molecule has 1 atom stereocenters. The van der Waals surface area contributed by atoms with Gasteiger partial charge >= 0.3 is 0 Å². The summed E-state index contributed by atoms with van der Waals surface area (Å²) in [6, 6.07) is 10.9. The lowest BCUT2D eigenvalue weighted by Crippen LogP contribution is -2.07. The molecule has 0 N–H and O–H groups in total. The van der Waals surface area contributed by atoms with E-state index in [1.165, 1.54) is 51.0 Å². The fourth-order valence-corrected chi connectivity index (χ4v) is 4.59. The monoisotopic (exact) mass is 380 g/mol. The number of allylic oxidation sites excluding steroid dienone is 14. The largest absolute Gasteiger partial charge is 0.0836 e. The van der Waals surface area contributed by atoms with E-state index in [0.717, 1.165) is 25.7 Å². The van der Waals surface area contributed by atoms with E-state index < -0.39 is 0 Å². The molecule has 3 aliphatic carbocycles. The highest BCUT2D eigenvalue weighted by atomic mass is 14.2. The van der Waals surface area contributed by atoms with Crippen LogP contribution in [0, 0.1) is 5.92 Å². The summed E-state index contributed by atoms with van der Waals surface area (Å²) in [6.45, 7) is 6.89. The Morgan fingerprint density at radius 3 is 2.34 bits per heavy atom. The standard InChI is InChI=1S/C29H32/c1-21-14-15-28(20-22(21)2)25-16-18-27(19-17-25)29(26-12-8-5-9-13-26)23(3)24-10-6-4-7-11-24/h5-6,8-16,18,22H,4,7,17,19-20H2,1-3H3/b29-23-/t22-/m0/s1. The predicted molar refractivity (Wildman–Crippen MR) is 127 cm³/mol. The molecule has 3 aliphatic rings. The number of benzene rings is 1. The van der Waals surface area contributed by atoms with Crippen LogP contribution in [0.2, 0.25) is 0 Å². The van der Waals surface area contributed by atoms with Crippen molar-refractivity contribution in [2.75, 3.05) is 0 Å². The van der Waals surface area contributed by atoms with Crippen molar-refractivity contribution in [3.05, 3.63) is 112 Å². The van der Waals surface area contributed by atoms with Gasteiger partial charge in [-0.05, 0) is 90.9 Å². The summed E-state index contributed by atoms with van der Waals surface area (Å²) in [6.07, 6.45) is 22.1. The van der Waals surface area contributed by atoms with Gasteiger partial charge in [-0.1, -0.05) is 85.4 Å². The van der Waals surface area contributed by atoms with E-state index in [9.17, 15) is 0 Å². The van der Waals surface area contributed by atoms with Gasteiger partial charge in [0.2, 0.25) is 0 Å². The summed E-state index contributed by atoms with van der Waals surface area (Å²) < 4.78 is 0. The molecule has 0 radical (unpaired) electrons. The molecule has 0 fully saturated rings. The van der Waals surface area contributed by atoms with Crippen molar-refractivity contribution in [2.24, 2.45) is 5.92 Å². The molecule has 0 saturated carbocycles. The SMILES string of the molecule is CC1=CC=C(C2=CC=C(/C(=C(/C)C3=CCCC=C3)c3ccccc3)CC2)C[C@@H]1C. The minimum atomic E-state index is 0.660. The average Bonchev–Trinajstić information content (AvgIpc) is 2.78. The zero-order chi connectivity index (χ0) is 20.2. The molecule has 4 rings (SSSR count). The topological polar surface area (TPSA) is 0 Å². The first kappa shape index (κ1) is 19.7. The quantitative estimate of drug-likeness (QED) is 0.493. The van der Waals surface area contributed by atoms with Crippen LogP contribution in [0.4, 0.5) is 0 Å². The van der Waals surface area contributed by atoms with Gasteiger partial charge in [0.05, 0.1) is 0 Å². The smallest absolute Gasteiger partial charge is 0.0117 e. The second-order valence-corrected chi connectivity index (χ2v) is 8.60. The Hall–Kier alpha value is -2.60. The van der Waals surface area contributed by atoms with E-state index in [4.69, 9.17) is 0 Å². The fourth-order valence-electron chi connectivity index (χ4n) is 4.59. The molecule has 0 heterocycles. The molecule has 0 saturated heterocycles. The van der Waals surface area contributed by atoms with E-state index in [-0.39, 0.29) is 0 Å². The molecule has 0 heteroatoms. The van der Waals surface area contributed by atoms with Crippen molar-refractivity contribution in [1.29, 1.82) is 0 Å². The Kier molecular flexibility index (Phi) is 6.00. The average molecular weight is 381 g/mol. The normalized spacial score (nSPS) is 22.7. The molecule has 0 amide bonds. The van der Waals surface area contributed by atoms with Crippen LogP contribution in [0.15, 0.2) is 106 Å². The maximum absolute atomic E-state index is 2.39. The summed E-state index contributed by atoms with van der Waals surface area (Å²) in [7, 11) is 0. The molecule has 1 aromatic carbocycles. The van der Waals surface area contributed by atoms with Gasteiger partial charge in [-0.25, -0.2) is 0 Å². The van der Waals surface area contributed by atoms with Crippen molar-refractivity contribution in [3.63, 3.8) is 0 Å². The summed E-state index contributed by atoms with van der Waals surface area (Å²) >= 11 is 0. The maximum atomic E-state index is 2.39. The second kappa shape index (κ2) is 8.82. The number of rotatable bonds is 4. The van der Waals surface area contributed by atoms with Crippen molar-refractivity contribution in [3.8, 4) is 0 Å². The third-order valence-electron chi connectivity index (χ3n) is 6.60. The van der Waals surface area contributed by atoms with Crippen molar-refractivity contribution < 1.29 is 0 Å². The van der Waals surface area contributed by atoms with Gasteiger partial charge in [0.15, 0.2) is 0 Å². The van der Waals surface area contributed by atoms with Gasteiger partial charge in [-0.15, -0.1) is 0 Å². The third kappa shape index (κ3) is 4.37. The van der Waals surface area contributed by atoms with E-state index >= 15 is 0 Å². The molecule has 0 aromatic heterocycles. The predicted octanol–water partition coefficient (Wildman–Crippen LogP) is 8.30. The molecule has 0 spiro atoms. The Bertz CT molecular complexity index is 984. The van der Waals surface area contributed by atoms with Gasteiger partial charge in [-0.3, -0.25) is 0 Å². The Morgan fingerprint density at radius 1 is 0.897 bits per heavy atom. The van der Waals surface area contributed by atoms with E-state index in [2.05, 4.69) is 93.6 Å². The van der Waals surface area contributed by atoms with Gasteiger partial charge in [-0.2, -0.15) is 0 Å². The maximum Gasteiger partial charge on any atom is -0.0117 e. The van der Waals surface area contributed by atoms with Crippen LogP contribution >= 0.6 is 0 Å². The number of hydrogen-bond donors (Lipinski definition) is 0. The zero-order valence-corrected chi connectivity index (χ0v) is 18.0. The first-order valence-electron chi connectivity index (χ1n) is 11.0. The van der Waals surface area contributed by atoms with Gasteiger partial charge in [0, 0.05) is 0 Å². The van der Waals surface area contributed by atoms with Crippen molar-refractivity contribution in [1.82, 2.24) is 0 Å². The summed E-state index contributed by atoms with van der Waals surface area (Å²) in [5, 5.41) is 0. The van der Waals surface area contributed by atoms with Crippen LogP contribution in [-0.4, -0.2) is 0 Å². The Balaban J connectivity index is 1.71. The van der Waals surface area contributed by atoms with Crippen LogP contribution in [0.5, 0.6) is 0 Å². The summed E-state index contributed by atoms with van der Waals surface area (Å²) in [5.74, 6) is 0.660. The van der Waals surface area contributed by atoms with Crippen LogP contribution < -0.4 is 0 Å².